The van der Waals surface area contributed by atoms with Crippen LogP contribution in [0.5, 0.6) is 11.6 Å². The van der Waals surface area contributed by atoms with Crippen molar-refractivity contribution in [2.75, 3.05) is 0 Å². The smallest absolute Gasteiger partial charge is 0.246 e. The maximum absolute atomic E-state index is 12.7. The van der Waals surface area contributed by atoms with Crippen molar-refractivity contribution in [3.8, 4) is 11.6 Å². The van der Waals surface area contributed by atoms with Crippen molar-refractivity contribution in [3.05, 3.63) is 83.1 Å². The Morgan fingerprint density at radius 1 is 0.920 bits per heavy atom. The maximum atomic E-state index is 12.7. The van der Waals surface area contributed by atoms with Gasteiger partial charge < -0.3 is 4.74 Å². The number of benzene rings is 2. The number of carbonyl (C=O) groups is 1. The summed E-state index contributed by atoms with van der Waals surface area (Å²) in [5, 5.41) is 12.0. The van der Waals surface area contributed by atoms with E-state index in [-0.39, 0.29) is 16.9 Å². The van der Waals surface area contributed by atoms with Gasteiger partial charge in [-0.1, -0.05) is 42.5 Å². The van der Waals surface area contributed by atoms with Crippen molar-refractivity contribution in [2.45, 2.75) is 0 Å². The number of hydrogen-bond acceptors (Lipinski definition) is 5. The minimum atomic E-state index is -0.125. The lowest BCUT2D eigenvalue weighted by atomic mass is 10.0. The molecule has 122 valence electrons. The second-order valence-corrected chi connectivity index (χ2v) is 5.54. The van der Waals surface area contributed by atoms with Crippen LogP contribution < -0.4 is 4.74 Å². The number of aromatic nitrogens is 4. The number of rotatable bonds is 4. The molecule has 0 N–H and O–H groups in total. The van der Waals surface area contributed by atoms with Gasteiger partial charge in [0.2, 0.25) is 11.2 Å². The molecule has 0 atom stereocenters. The molecule has 0 saturated heterocycles. The summed E-state index contributed by atoms with van der Waals surface area (Å²) in [5.41, 5.74) is 1.54. The molecule has 0 fully saturated rings. The zero-order chi connectivity index (χ0) is 17.2. The first-order valence-electron chi connectivity index (χ1n) is 7.47. The zero-order valence-electron chi connectivity index (χ0n) is 12.8. The van der Waals surface area contributed by atoms with Crippen LogP contribution in [0.1, 0.15) is 15.9 Å². The fraction of sp³-hybridized carbons (Fsp3) is 0. The van der Waals surface area contributed by atoms with Crippen molar-refractivity contribution in [3.63, 3.8) is 0 Å². The Balaban J connectivity index is 1.71. The van der Waals surface area contributed by atoms with Gasteiger partial charge in [0, 0.05) is 11.6 Å². The molecule has 0 saturated carbocycles. The van der Waals surface area contributed by atoms with E-state index < -0.39 is 0 Å². The molecule has 2 heterocycles. The number of halogens is 1. The molecule has 0 aliphatic rings. The first-order valence-corrected chi connectivity index (χ1v) is 7.85. The Hall–Kier alpha value is -3.25. The van der Waals surface area contributed by atoms with Gasteiger partial charge in [0.15, 0.2) is 11.4 Å². The Kier molecular flexibility index (Phi) is 3.87. The molecular formula is C18H11ClN4O2. The van der Waals surface area contributed by atoms with E-state index >= 15 is 0 Å². The van der Waals surface area contributed by atoms with Crippen LogP contribution in [0.3, 0.4) is 0 Å². The first kappa shape index (κ1) is 15.3. The molecule has 0 amide bonds. The number of ether oxygens (including phenoxy) is 1. The molecule has 2 aromatic heterocycles. The van der Waals surface area contributed by atoms with Gasteiger partial charge in [-0.2, -0.15) is 4.52 Å². The summed E-state index contributed by atoms with van der Waals surface area (Å²) in [6.45, 7) is 0. The maximum Gasteiger partial charge on any atom is 0.246 e. The number of fused-ring (bicyclic) bond motifs is 1. The molecule has 7 heteroatoms. The Bertz CT molecular complexity index is 1060. The summed E-state index contributed by atoms with van der Waals surface area (Å²) in [5.74, 6) is 0.564. The predicted molar refractivity (Wildman–Crippen MR) is 92.2 cm³/mol. The highest BCUT2D eigenvalue weighted by Gasteiger charge is 2.15. The molecule has 25 heavy (non-hydrogen) atoms. The predicted octanol–water partition coefficient (Wildman–Crippen LogP) is 3.80. The van der Waals surface area contributed by atoms with Crippen LogP contribution in [0.15, 0.2) is 66.7 Å². The normalized spacial score (nSPS) is 10.8. The number of nitrogens with zero attached hydrogens (tertiary/aromatic N) is 4. The van der Waals surface area contributed by atoms with E-state index in [4.69, 9.17) is 16.3 Å². The van der Waals surface area contributed by atoms with Crippen molar-refractivity contribution in [1.82, 2.24) is 19.8 Å². The van der Waals surface area contributed by atoms with Crippen molar-refractivity contribution >= 4 is 23.0 Å². The van der Waals surface area contributed by atoms with E-state index in [2.05, 4.69) is 15.3 Å². The van der Waals surface area contributed by atoms with E-state index in [9.17, 15) is 4.79 Å². The fourth-order valence-corrected chi connectivity index (χ4v) is 2.56. The van der Waals surface area contributed by atoms with Gasteiger partial charge >= 0.3 is 0 Å². The van der Waals surface area contributed by atoms with Crippen LogP contribution in [0.2, 0.25) is 5.28 Å². The van der Waals surface area contributed by atoms with Gasteiger partial charge in [0.1, 0.15) is 5.75 Å². The van der Waals surface area contributed by atoms with Crippen LogP contribution in [-0.4, -0.2) is 25.6 Å². The van der Waals surface area contributed by atoms with Gasteiger partial charge in [-0.3, -0.25) is 4.79 Å². The van der Waals surface area contributed by atoms with Crippen LogP contribution in [0.4, 0.5) is 0 Å². The second kappa shape index (κ2) is 6.33. The molecule has 0 spiro atoms. The molecule has 0 bridgehead atoms. The van der Waals surface area contributed by atoms with Crippen molar-refractivity contribution in [1.29, 1.82) is 0 Å². The van der Waals surface area contributed by atoms with Crippen LogP contribution in [0, 0.1) is 0 Å². The number of ketones is 1. The monoisotopic (exact) mass is 350 g/mol. The largest absolute Gasteiger partial charge is 0.437 e. The van der Waals surface area contributed by atoms with E-state index in [0.717, 1.165) is 0 Å². The highest BCUT2D eigenvalue weighted by molar-refractivity contribution is 6.28. The summed E-state index contributed by atoms with van der Waals surface area (Å²) in [4.78, 5) is 12.7. The van der Waals surface area contributed by atoms with Gasteiger partial charge in [0.25, 0.3) is 0 Å². The third-order valence-electron chi connectivity index (χ3n) is 3.58. The second-order valence-electron chi connectivity index (χ2n) is 5.20. The average Bonchev–Trinajstić information content (AvgIpc) is 3.03. The summed E-state index contributed by atoms with van der Waals surface area (Å²) >= 11 is 5.93. The molecule has 4 aromatic rings. The van der Waals surface area contributed by atoms with E-state index in [1.807, 2.05) is 18.2 Å². The average molecular weight is 351 g/mol. The molecule has 0 unspecified atom stereocenters. The SMILES string of the molecule is O=C(c1ccccc1)c1ccccc1Oc1ccc2nnc(Cl)n2n1. The van der Waals surface area contributed by atoms with Gasteiger partial charge in [-0.25, -0.2) is 0 Å². The minimum absolute atomic E-state index is 0.125. The van der Waals surface area contributed by atoms with Crippen molar-refractivity contribution < 1.29 is 9.53 Å². The quantitative estimate of drug-likeness (QED) is 0.523. The highest BCUT2D eigenvalue weighted by Crippen LogP contribution is 2.26. The van der Waals surface area contributed by atoms with Gasteiger partial charge in [-0.15, -0.1) is 15.3 Å². The summed E-state index contributed by atoms with van der Waals surface area (Å²) < 4.78 is 7.18. The van der Waals surface area contributed by atoms with Gasteiger partial charge in [-0.05, 0) is 29.8 Å². The molecular weight excluding hydrogens is 340 g/mol. The fourth-order valence-electron chi connectivity index (χ4n) is 2.40. The molecule has 0 aliphatic heterocycles. The topological polar surface area (TPSA) is 69.4 Å². The third kappa shape index (κ3) is 2.95. The van der Waals surface area contributed by atoms with Crippen LogP contribution in [0.25, 0.3) is 5.65 Å². The lowest BCUT2D eigenvalue weighted by Crippen LogP contribution is -2.04. The van der Waals surface area contributed by atoms with E-state index in [1.54, 1.807) is 48.5 Å². The number of carbonyl (C=O) groups excluding carboxylic acids is 1. The first-order chi connectivity index (χ1) is 12.2. The molecule has 4 rings (SSSR count). The molecule has 0 aliphatic carbocycles. The zero-order valence-corrected chi connectivity index (χ0v) is 13.6. The van der Waals surface area contributed by atoms with E-state index in [1.165, 1.54) is 4.52 Å². The molecule has 0 radical (unpaired) electrons. The summed E-state index contributed by atoms with van der Waals surface area (Å²) in [6.07, 6.45) is 0. The van der Waals surface area contributed by atoms with E-state index in [0.29, 0.717) is 22.5 Å². The third-order valence-corrected chi connectivity index (χ3v) is 3.82. The lowest BCUT2D eigenvalue weighted by molar-refractivity contribution is 0.103. The Labute approximate surface area is 147 Å². The number of para-hydroxylation sites is 1. The minimum Gasteiger partial charge on any atom is -0.437 e. The van der Waals surface area contributed by atoms with Crippen molar-refractivity contribution in [2.24, 2.45) is 0 Å². The molecule has 2 aromatic carbocycles. The standard InChI is InChI=1S/C18H11ClN4O2/c19-18-21-20-15-10-11-16(22-23(15)18)25-14-9-5-4-8-13(14)17(24)12-6-2-1-3-7-12/h1-11H. The Morgan fingerprint density at radius 3 is 2.52 bits per heavy atom. The summed E-state index contributed by atoms with van der Waals surface area (Å²) in [7, 11) is 0. The van der Waals surface area contributed by atoms with Crippen LogP contribution in [-0.2, 0) is 0 Å². The molecule has 6 nitrogen and oxygen atoms in total. The summed E-state index contributed by atoms with van der Waals surface area (Å²) in [6, 6.07) is 19.4. The lowest BCUT2D eigenvalue weighted by Gasteiger charge is -2.10. The van der Waals surface area contributed by atoms with Gasteiger partial charge in [0.05, 0.1) is 5.56 Å². The van der Waals surface area contributed by atoms with Crippen LogP contribution >= 0.6 is 11.6 Å². The highest BCUT2D eigenvalue weighted by atomic mass is 35.5. The number of hydrogen-bond donors (Lipinski definition) is 0. The Morgan fingerprint density at radius 2 is 1.68 bits per heavy atom.